The van der Waals surface area contributed by atoms with E-state index in [1.165, 1.54) is 31.7 Å². The van der Waals surface area contributed by atoms with Crippen LogP contribution >= 0.6 is 0 Å². The van der Waals surface area contributed by atoms with Gasteiger partial charge in [-0.2, -0.15) is 0 Å². The Morgan fingerprint density at radius 1 is 1.31 bits per heavy atom. The molecule has 1 amide bonds. The smallest absolute Gasteiger partial charge is 0.271 e. The SMILES string of the molecule is CCCc1ocnc1/C=C(/C=O)NC(=O)/C(=C/c1ccccc1F)NC. The Morgan fingerprint density at radius 2 is 2.08 bits per heavy atom. The van der Waals surface area contributed by atoms with Gasteiger partial charge in [-0.25, -0.2) is 9.37 Å². The van der Waals surface area contributed by atoms with Crippen LogP contribution in [0.4, 0.5) is 4.39 Å². The predicted octanol–water partition coefficient (Wildman–Crippen LogP) is 2.68. The number of carbonyl (C=O) groups excluding carboxylic acids is 2. The van der Waals surface area contributed by atoms with Crippen molar-refractivity contribution < 1.29 is 18.4 Å². The number of nitrogens with zero attached hydrogens (tertiary/aromatic N) is 1. The quantitative estimate of drug-likeness (QED) is 0.560. The molecule has 0 spiro atoms. The zero-order chi connectivity index (χ0) is 18.9. The second-order valence-corrected chi connectivity index (χ2v) is 5.41. The van der Waals surface area contributed by atoms with Crippen LogP contribution in [0, 0.1) is 5.82 Å². The van der Waals surface area contributed by atoms with E-state index in [2.05, 4.69) is 15.6 Å². The van der Waals surface area contributed by atoms with Gasteiger partial charge in [0.05, 0.1) is 5.70 Å². The molecular formula is C19H20FN3O3. The number of nitrogens with one attached hydrogen (secondary N) is 2. The molecule has 0 aliphatic rings. The number of aldehydes is 1. The van der Waals surface area contributed by atoms with Crippen LogP contribution in [0.2, 0.25) is 0 Å². The molecule has 0 unspecified atom stereocenters. The van der Waals surface area contributed by atoms with Crippen molar-refractivity contribution in [2.24, 2.45) is 0 Å². The van der Waals surface area contributed by atoms with Crippen molar-refractivity contribution >= 4 is 24.3 Å². The van der Waals surface area contributed by atoms with E-state index in [-0.39, 0.29) is 17.0 Å². The zero-order valence-electron chi connectivity index (χ0n) is 14.6. The molecule has 1 heterocycles. The highest BCUT2D eigenvalue weighted by Gasteiger charge is 2.12. The topological polar surface area (TPSA) is 84.2 Å². The van der Waals surface area contributed by atoms with E-state index in [9.17, 15) is 14.0 Å². The van der Waals surface area contributed by atoms with Crippen molar-refractivity contribution in [3.05, 3.63) is 64.9 Å². The van der Waals surface area contributed by atoms with Gasteiger partial charge in [0.2, 0.25) is 0 Å². The van der Waals surface area contributed by atoms with E-state index >= 15 is 0 Å². The van der Waals surface area contributed by atoms with Gasteiger partial charge in [0.25, 0.3) is 5.91 Å². The number of benzene rings is 1. The molecule has 136 valence electrons. The van der Waals surface area contributed by atoms with Gasteiger partial charge in [-0.1, -0.05) is 25.1 Å². The number of rotatable bonds is 8. The molecule has 1 aromatic carbocycles. The van der Waals surface area contributed by atoms with E-state index in [1.54, 1.807) is 18.2 Å². The summed E-state index contributed by atoms with van der Waals surface area (Å²) in [5, 5.41) is 5.19. The average molecular weight is 357 g/mol. The number of aryl methyl sites for hydroxylation is 1. The van der Waals surface area contributed by atoms with Crippen LogP contribution in [0.3, 0.4) is 0 Å². The molecule has 2 aromatic rings. The summed E-state index contributed by atoms with van der Waals surface area (Å²) in [4.78, 5) is 27.7. The standard InChI is InChI=1S/C19H20FN3O3/c1-3-6-18-16(22-12-26-18)10-14(11-24)23-19(25)17(21-2)9-13-7-4-5-8-15(13)20/h4-5,7-12,21H,3,6H2,1-2H3,(H,23,25)/b14-10-,17-9-. The molecule has 6 nitrogen and oxygen atoms in total. The van der Waals surface area contributed by atoms with Crippen molar-refractivity contribution in [1.29, 1.82) is 0 Å². The number of likely N-dealkylation sites (N-methyl/N-ethyl adjacent to an activating group) is 1. The average Bonchev–Trinajstić information content (AvgIpc) is 3.07. The minimum Gasteiger partial charge on any atom is -0.448 e. The van der Waals surface area contributed by atoms with E-state index < -0.39 is 11.7 Å². The number of amides is 1. The number of halogens is 1. The molecule has 0 atom stereocenters. The molecule has 2 rings (SSSR count). The highest BCUT2D eigenvalue weighted by atomic mass is 19.1. The van der Waals surface area contributed by atoms with E-state index in [1.807, 2.05) is 6.92 Å². The lowest BCUT2D eigenvalue weighted by atomic mass is 10.1. The van der Waals surface area contributed by atoms with E-state index in [0.29, 0.717) is 24.2 Å². The highest BCUT2D eigenvalue weighted by molar-refractivity contribution is 6.01. The van der Waals surface area contributed by atoms with Gasteiger partial charge >= 0.3 is 0 Å². The van der Waals surface area contributed by atoms with Gasteiger partial charge in [-0.15, -0.1) is 0 Å². The fourth-order valence-electron chi connectivity index (χ4n) is 2.26. The van der Waals surface area contributed by atoms with Crippen LogP contribution in [-0.2, 0) is 16.0 Å². The predicted molar refractivity (Wildman–Crippen MR) is 96.1 cm³/mol. The number of aromatic nitrogens is 1. The largest absolute Gasteiger partial charge is 0.448 e. The Balaban J connectivity index is 2.22. The van der Waals surface area contributed by atoms with Crippen molar-refractivity contribution in [2.45, 2.75) is 19.8 Å². The number of carbonyl (C=O) groups is 2. The molecule has 0 radical (unpaired) electrons. The molecule has 7 heteroatoms. The van der Waals surface area contributed by atoms with E-state index in [0.717, 1.165) is 6.42 Å². The first-order valence-corrected chi connectivity index (χ1v) is 8.13. The van der Waals surface area contributed by atoms with Gasteiger partial charge in [0, 0.05) is 19.0 Å². The summed E-state index contributed by atoms with van der Waals surface area (Å²) < 4.78 is 19.0. The molecule has 2 N–H and O–H groups in total. The second-order valence-electron chi connectivity index (χ2n) is 5.41. The molecule has 0 aliphatic carbocycles. The summed E-state index contributed by atoms with van der Waals surface area (Å²) in [6.45, 7) is 1.99. The van der Waals surface area contributed by atoms with Crippen molar-refractivity contribution in [3.63, 3.8) is 0 Å². The number of oxazole rings is 1. The first-order chi connectivity index (χ1) is 12.6. The summed E-state index contributed by atoms with van der Waals surface area (Å²) in [5.74, 6) is -0.391. The van der Waals surface area contributed by atoms with E-state index in [4.69, 9.17) is 4.42 Å². The van der Waals surface area contributed by atoms with Crippen LogP contribution in [0.5, 0.6) is 0 Å². The maximum atomic E-state index is 13.8. The Bertz CT molecular complexity index is 840. The van der Waals surface area contributed by atoms with Gasteiger partial charge in [0.1, 0.15) is 23.0 Å². The van der Waals surface area contributed by atoms with Crippen molar-refractivity contribution in [1.82, 2.24) is 15.6 Å². The summed E-state index contributed by atoms with van der Waals surface area (Å²) in [6, 6.07) is 6.07. The summed E-state index contributed by atoms with van der Waals surface area (Å²) in [7, 11) is 1.54. The maximum absolute atomic E-state index is 13.8. The fourth-order valence-corrected chi connectivity index (χ4v) is 2.26. The Morgan fingerprint density at radius 3 is 2.73 bits per heavy atom. The third-order valence-corrected chi connectivity index (χ3v) is 3.55. The monoisotopic (exact) mass is 357 g/mol. The van der Waals surface area contributed by atoms with Gasteiger partial charge < -0.3 is 15.1 Å². The lowest BCUT2D eigenvalue weighted by Crippen LogP contribution is -2.30. The minimum absolute atomic E-state index is 0.0240. The van der Waals surface area contributed by atoms with Crippen LogP contribution in [0.25, 0.3) is 12.2 Å². The Labute approximate surface area is 150 Å². The summed E-state index contributed by atoms with van der Waals surface area (Å²) in [5.41, 5.74) is 0.872. The summed E-state index contributed by atoms with van der Waals surface area (Å²) >= 11 is 0. The van der Waals surface area contributed by atoms with Gasteiger partial charge in [0.15, 0.2) is 12.7 Å². The van der Waals surface area contributed by atoms with Gasteiger partial charge in [-0.3, -0.25) is 9.59 Å². The Kier molecular flexibility index (Phi) is 6.84. The molecule has 0 aliphatic heterocycles. The minimum atomic E-state index is -0.574. The van der Waals surface area contributed by atoms with Crippen LogP contribution in [0.1, 0.15) is 30.4 Å². The third kappa shape index (κ3) is 4.89. The third-order valence-electron chi connectivity index (χ3n) is 3.55. The highest BCUT2D eigenvalue weighted by Crippen LogP contribution is 2.13. The Hall–Kier alpha value is -3.22. The lowest BCUT2D eigenvalue weighted by molar-refractivity contribution is -0.118. The van der Waals surface area contributed by atoms with Crippen LogP contribution < -0.4 is 10.6 Å². The van der Waals surface area contributed by atoms with Crippen molar-refractivity contribution in [3.8, 4) is 0 Å². The molecule has 0 saturated heterocycles. The fraction of sp³-hybridized carbons (Fsp3) is 0.211. The summed E-state index contributed by atoms with van der Waals surface area (Å²) in [6.07, 6.45) is 6.13. The van der Waals surface area contributed by atoms with Crippen LogP contribution in [0.15, 0.2) is 46.5 Å². The normalized spacial score (nSPS) is 12.0. The van der Waals surface area contributed by atoms with Gasteiger partial charge in [-0.05, 0) is 24.6 Å². The second kappa shape index (κ2) is 9.31. The van der Waals surface area contributed by atoms with Crippen LogP contribution in [-0.4, -0.2) is 24.2 Å². The molecule has 26 heavy (non-hydrogen) atoms. The zero-order valence-corrected chi connectivity index (χ0v) is 14.6. The first-order valence-electron chi connectivity index (χ1n) is 8.13. The molecule has 0 fully saturated rings. The lowest BCUT2D eigenvalue weighted by Gasteiger charge is -2.08. The molecular weight excluding hydrogens is 337 g/mol. The van der Waals surface area contributed by atoms with Crippen molar-refractivity contribution in [2.75, 3.05) is 7.05 Å². The molecule has 0 bridgehead atoms. The maximum Gasteiger partial charge on any atom is 0.271 e. The first kappa shape index (κ1) is 19.1. The number of allylic oxidation sites excluding steroid dienone is 1. The number of hydrogen-bond donors (Lipinski definition) is 2. The number of hydrogen-bond acceptors (Lipinski definition) is 5. The molecule has 0 saturated carbocycles. The molecule has 1 aromatic heterocycles.